The van der Waals surface area contributed by atoms with Gasteiger partial charge >= 0.3 is 0 Å². The van der Waals surface area contributed by atoms with Gasteiger partial charge < -0.3 is 14.2 Å². The highest BCUT2D eigenvalue weighted by atomic mass is 16.5. The van der Waals surface area contributed by atoms with E-state index in [1.165, 1.54) is 0 Å². The van der Waals surface area contributed by atoms with Crippen LogP contribution in [0.4, 0.5) is 5.82 Å². The lowest BCUT2D eigenvalue weighted by molar-refractivity contribution is 0.0326. The van der Waals surface area contributed by atoms with Crippen LogP contribution in [0.2, 0.25) is 0 Å². The van der Waals surface area contributed by atoms with Crippen LogP contribution in [0.15, 0.2) is 12.4 Å². The van der Waals surface area contributed by atoms with Gasteiger partial charge in [-0.15, -0.1) is 10.2 Å². The molecule has 0 bridgehead atoms. The number of nitrogens with zero attached hydrogens (tertiary/aromatic N) is 7. The smallest absolute Gasteiger partial charge is 0.146 e. The summed E-state index contributed by atoms with van der Waals surface area (Å²) >= 11 is 0. The number of morpholine rings is 1. The molecular formula is C19H29N7O. The second kappa shape index (κ2) is 8.31. The van der Waals surface area contributed by atoms with Gasteiger partial charge in [0.15, 0.2) is 0 Å². The third kappa shape index (κ3) is 4.11. The number of aromatic nitrogens is 5. The van der Waals surface area contributed by atoms with E-state index in [0.29, 0.717) is 5.92 Å². The zero-order chi connectivity index (χ0) is 18.6. The van der Waals surface area contributed by atoms with Crippen molar-refractivity contribution in [3.63, 3.8) is 0 Å². The highest BCUT2D eigenvalue weighted by molar-refractivity contribution is 5.40. The van der Waals surface area contributed by atoms with Crippen molar-refractivity contribution < 1.29 is 4.74 Å². The number of hydrogen-bond donors (Lipinski definition) is 0. The van der Waals surface area contributed by atoms with Gasteiger partial charge in [-0.2, -0.15) is 0 Å². The third-order valence-corrected chi connectivity index (χ3v) is 5.65. The first kappa shape index (κ1) is 18.3. The Balaban J connectivity index is 1.46. The molecule has 8 nitrogen and oxygen atoms in total. The van der Waals surface area contributed by atoms with Gasteiger partial charge in [-0.05, 0) is 19.3 Å². The van der Waals surface area contributed by atoms with Crippen molar-refractivity contribution in [2.45, 2.75) is 38.6 Å². The van der Waals surface area contributed by atoms with E-state index < -0.39 is 0 Å². The third-order valence-electron chi connectivity index (χ3n) is 5.65. The summed E-state index contributed by atoms with van der Waals surface area (Å²) in [6, 6.07) is 2.11. The van der Waals surface area contributed by atoms with Crippen molar-refractivity contribution in [2.75, 3.05) is 44.3 Å². The summed E-state index contributed by atoms with van der Waals surface area (Å²) in [6.07, 6.45) is 4.90. The maximum absolute atomic E-state index is 5.44. The van der Waals surface area contributed by atoms with E-state index in [1.54, 1.807) is 6.33 Å². The highest BCUT2D eigenvalue weighted by Gasteiger charge is 2.27. The average Bonchev–Trinajstić information content (AvgIpc) is 3.09. The summed E-state index contributed by atoms with van der Waals surface area (Å²) in [4.78, 5) is 13.6. The number of piperidine rings is 1. The monoisotopic (exact) mass is 371 g/mol. The van der Waals surface area contributed by atoms with E-state index in [4.69, 9.17) is 4.74 Å². The first-order valence-electron chi connectivity index (χ1n) is 9.98. The minimum Gasteiger partial charge on any atom is -0.379 e. The minimum atomic E-state index is 0.384. The molecule has 0 amide bonds. The van der Waals surface area contributed by atoms with Gasteiger partial charge in [0.05, 0.1) is 19.8 Å². The molecule has 0 aromatic carbocycles. The van der Waals surface area contributed by atoms with E-state index in [9.17, 15) is 0 Å². The van der Waals surface area contributed by atoms with E-state index in [-0.39, 0.29) is 0 Å². The molecule has 2 saturated heterocycles. The summed E-state index contributed by atoms with van der Waals surface area (Å²) in [6.45, 7) is 8.48. The lowest BCUT2D eigenvalue weighted by Gasteiger charge is -2.33. The lowest BCUT2D eigenvalue weighted by Crippen LogP contribution is -2.37. The van der Waals surface area contributed by atoms with Gasteiger partial charge in [0.25, 0.3) is 0 Å². The first-order valence-corrected chi connectivity index (χ1v) is 9.98. The molecule has 2 aromatic rings. The topological polar surface area (TPSA) is 72.2 Å². The Kier molecular flexibility index (Phi) is 5.63. The fourth-order valence-corrected chi connectivity index (χ4v) is 3.98. The Morgan fingerprint density at radius 1 is 1.15 bits per heavy atom. The zero-order valence-corrected chi connectivity index (χ0v) is 16.3. The number of hydrogen-bond acceptors (Lipinski definition) is 7. The molecule has 0 saturated carbocycles. The number of anilines is 1. The summed E-state index contributed by atoms with van der Waals surface area (Å²) in [7, 11) is 2.10. The predicted molar refractivity (Wildman–Crippen MR) is 103 cm³/mol. The molecule has 4 rings (SSSR count). The van der Waals surface area contributed by atoms with Gasteiger partial charge in [-0.25, -0.2) is 9.97 Å². The standard InChI is InChI=1S/C19H29N7O/c1-3-16-11-17(21-14-20-16)26-6-4-5-15(12-26)19-23-22-18(24(19)2)13-25-7-9-27-10-8-25/h11,14-15H,3-10,12-13H2,1-2H3. The molecular weight excluding hydrogens is 342 g/mol. The van der Waals surface area contributed by atoms with Crippen molar-refractivity contribution in [2.24, 2.45) is 7.05 Å². The van der Waals surface area contributed by atoms with Crippen molar-refractivity contribution in [1.29, 1.82) is 0 Å². The van der Waals surface area contributed by atoms with Gasteiger partial charge in [0, 0.05) is 50.9 Å². The van der Waals surface area contributed by atoms with Crippen LogP contribution in [0.3, 0.4) is 0 Å². The quantitative estimate of drug-likeness (QED) is 0.786. The summed E-state index contributed by atoms with van der Waals surface area (Å²) < 4.78 is 7.63. The minimum absolute atomic E-state index is 0.384. The second-order valence-electron chi connectivity index (χ2n) is 7.43. The van der Waals surface area contributed by atoms with E-state index in [0.717, 1.165) is 88.4 Å². The first-order chi connectivity index (χ1) is 13.2. The van der Waals surface area contributed by atoms with Crippen molar-refractivity contribution in [3.05, 3.63) is 29.7 Å². The molecule has 0 aliphatic carbocycles. The summed E-state index contributed by atoms with van der Waals surface area (Å²) in [5, 5.41) is 9.06. The zero-order valence-electron chi connectivity index (χ0n) is 16.3. The van der Waals surface area contributed by atoms with Crippen LogP contribution in [0.5, 0.6) is 0 Å². The second-order valence-corrected chi connectivity index (χ2v) is 7.43. The molecule has 0 radical (unpaired) electrons. The fraction of sp³-hybridized carbons (Fsp3) is 0.684. The van der Waals surface area contributed by atoms with Gasteiger partial charge in [0.1, 0.15) is 23.8 Å². The van der Waals surface area contributed by atoms with Gasteiger partial charge in [-0.3, -0.25) is 4.90 Å². The van der Waals surface area contributed by atoms with E-state index in [2.05, 4.69) is 54.6 Å². The van der Waals surface area contributed by atoms with Crippen LogP contribution in [0.25, 0.3) is 0 Å². The van der Waals surface area contributed by atoms with Gasteiger partial charge in [-0.1, -0.05) is 6.92 Å². The maximum Gasteiger partial charge on any atom is 0.146 e. The van der Waals surface area contributed by atoms with Crippen molar-refractivity contribution >= 4 is 5.82 Å². The average molecular weight is 371 g/mol. The van der Waals surface area contributed by atoms with Gasteiger partial charge in [0.2, 0.25) is 0 Å². The molecule has 8 heteroatoms. The Morgan fingerprint density at radius 3 is 2.81 bits per heavy atom. The Labute approximate surface area is 160 Å². The Morgan fingerprint density at radius 2 is 2.00 bits per heavy atom. The van der Waals surface area contributed by atoms with Crippen LogP contribution in [0.1, 0.15) is 43.0 Å². The lowest BCUT2D eigenvalue weighted by atomic mass is 9.97. The fourth-order valence-electron chi connectivity index (χ4n) is 3.98. The van der Waals surface area contributed by atoms with Crippen LogP contribution in [0, 0.1) is 0 Å². The molecule has 2 aromatic heterocycles. The summed E-state index contributed by atoms with van der Waals surface area (Å²) in [5.41, 5.74) is 1.09. The molecule has 2 aliphatic heterocycles. The molecule has 146 valence electrons. The predicted octanol–water partition coefficient (Wildman–Crippen LogP) is 1.38. The molecule has 27 heavy (non-hydrogen) atoms. The van der Waals surface area contributed by atoms with Crippen LogP contribution >= 0.6 is 0 Å². The largest absolute Gasteiger partial charge is 0.379 e. The van der Waals surface area contributed by atoms with Crippen LogP contribution in [-0.4, -0.2) is 69.0 Å². The Hall–Kier alpha value is -2.06. The molecule has 1 atom stereocenters. The number of aryl methyl sites for hydroxylation is 1. The summed E-state index contributed by atoms with van der Waals surface area (Å²) in [5.74, 6) is 3.55. The number of ether oxygens (including phenoxy) is 1. The SMILES string of the molecule is CCc1cc(N2CCCC(c3nnc(CN4CCOCC4)n3C)C2)ncn1. The molecule has 0 spiro atoms. The molecule has 0 N–H and O–H groups in total. The van der Waals surface area contributed by atoms with E-state index >= 15 is 0 Å². The normalized spacial score (nSPS) is 21.6. The highest BCUT2D eigenvalue weighted by Crippen LogP contribution is 2.28. The van der Waals surface area contributed by atoms with Crippen molar-refractivity contribution in [1.82, 2.24) is 29.6 Å². The van der Waals surface area contributed by atoms with Crippen LogP contribution < -0.4 is 4.90 Å². The molecule has 4 heterocycles. The maximum atomic E-state index is 5.44. The molecule has 2 aliphatic rings. The molecule has 1 unspecified atom stereocenters. The Bertz CT molecular complexity index is 756. The molecule has 2 fully saturated rings. The number of rotatable bonds is 5. The van der Waals surface area contributed by atoms with Crippen molar-refractivity contribution in [3.8, 4) is 0 Å². The van der Waals surface area contributed by atoms with Crippen LogP contribution in [-0.2, 0) is 24.8 Å². The van der Waals surface area contributed by atoms with E-state index in [1.807, 2.05) is 0 Å².